The molecule has 166 valence electrons. The number of rotatable bonds is 10. The lowest BCUT2D eigenvalue weighted by molar-refractivity contribution is -0.0320. The highest BCUT2D eigenvalue weighted by molar-refractivity contribution is 14.0. The zero-order valence-electron chi connectivity index (χ0n) is 17.6. The molecule has 0 aromatic carbocycles. The second-order valence-electron chi connectivity index (χ2n) is 7.46. The Morgan fingerprint density at radius 2 is 2.10 bits per heavy atom. The Labute approximate surface area is 196 Å². The number of hydrogen-bond donors (Lipinski definition) is 2. The first-order chi connectivity index (χ1) is 13.9. The number of ether oxygens (including phenoxy) is 2. The molecule has 1 aromatic rings. The molecule has 6 nitrogen and oxygen atoms in total. The van der Waals surface area contributed by atoms with Gasteiger partial charge in [-0.25, -0.2) is 0 Å². The van der Waals surface area contributed by atoms with Gasteiger partial charge in [-0.3, -0.25) is 9.89 Å². The van der Waals surface area contributed by atoms with E-state index in [-0.39, 0.29) is 24.0 Å². The Bertz CT molecular complexity index is 561. The molecule has 2 N–H and O–H groups in total. The van der Waals surface area contributed by atoms with E-state index < -0.39 is 0 Å². The molecular weight excluding hydrogens is 499 g/mol. The molecule has 0 amide bonds. The van der Waals surface area contributed by atoms with Crippen LogP contribution in [-0.4, -0.2) is 69.5 Å². The van der Waals surface area contributed by atoms with Gasteiger partial charge in [0.1, 0.15) is 0 Å². The summed E-state index contributed by atoms with van der Waals surface area (Å²) in [6.07, 6.45) is 6.02. The van der Waals surface area contributed by atoms with Crippen molar-refractivity contribution in [2.45, 2.75) is 51.2 Å². The van der Waals surface area contributed by atoms with Gasteiger partial charge in [0.25, 0.3) is 0 Å². The Kier molecular flexibility index (Phi) is 12.5. The largest absolute Gasteiger partial charge is 0.381 e. The summed E-state index contributed by atoms with van der Waals surface area (Å²) in [6, 6.07) is 4.79. The summed E-state index contributed by atoms with van der Waals surface area (Å²) in [4.78, 5) is 8.91. The van der Waals surface area contributed by atoms with Crippen molar-refractivity contribution in [3.05, 3.63) is 22.4 Å². The van der Waals surface area contributed by atoms with E-state index in [0.29, 0.717) is 12.1 Å². The van der Waals surface area contributed by atoms with Crippen molar-refractivity contribution in [2.75, 3.05) is 52.5 Å². The van der Waals surface area contributed by atoms with Gasteiger partial charge >= 0.3 is 0 Å². The molecule has 2 fully saturated rings. The van der Waals surface area contributed by atoms with Crippen molar-refractivity contribution in [1.29, 1.82) is 0 Å². The molecule has 1 unspecified atom stereocenters. The van der Waals surface area contributed by atoms with Crippen molar-refractivity contribution in [3.8, 4) is 0 Å². The number of aliphatic imine (C=N–C) groups is 1. The highest BCUT2D eigenvalue weighted by Crippen LogP contribution is 2.28. The van der Waals surface area contributed by atoms with E-state index in [1.807, 2.05) is 11.3 Å². The van der Waals surface area contributed by atoms with Gasteiger partial charge in [-0.2, -0.15) is 0 Å². The first-order valence-corrected chi connectivity index (χ1v) is 11.7. The molecule has 0 spiro atoms. The Morgan fingerprint density at radius 1 is 1.31 bits per heavy atom. The number of thiophene rings is 1. The van der Waals surface area contributed by atoms with Crippen molar-refractivity contribution < 1.29 is 9.47 Å². The second kappa shape index (κ2) is 14.6. The quantitative estimate of drug-likeness (QED) is 0.207. The van der Waals surface area contributed by atoms with Crippen LogP contribution in [-0.2, 0) is 9.47 Å². The SMILES string of the molecule is CCNC(=NCC(c1cccs1)N1CCCC1)NCCCOC1CCOCC1.I. The van der Waals surface area contributed by atoms with Crippen LogP contribution in [0, 0.1) is 0 Å². The molecule has 2 aliphatic rings. The van der Waals surface area contributed by atoms with Gasteiger partial charge in [0.2, 0.25) is 0 Å². The fourth-order valence-electron chi connectivity index (χ4n) is 3.81. The summed E-state index contributed by atoms with van der Waals surface area (Å²) in [7, 11) is 0. The minimum atomic E-state index is 0. The van der Waals surface area contributed by atoms with Crippen LogP contribution >= 0.6 is 35.3 Å². The third-order valence-corrected chi connectivity index (χ3v) is 6.33. The van der Waals surface area contributed by atoms with Gasteiger partial charge in [-0.15, -0.1) is 35.3 Å². The van der Waals surface area contributed by atoms with E-state index in [9.17, 15) is 0 Å². The van der Waals surface area contributed by atoms with E-state index in [0.717, 1.165) is 64.7 Å². The fourth-order valence-corrected chi connectivity index (χ4v) is 4.66. The number of nitrogens with zero attached hydrogens (tertiary/aromatic N) is 2. The van der Waals surface area contributed by atoms with Crippen LogP contribution in [0.4, 0.5) is 0 Å². The summed E-state index contributed by atoms with van der Waals surface area (Å²) in [5, 5.41) is 9.02. The third-order valence-electron chi connectivity index (χ3n) is 5.36. The smallest absolute Gasteiger partial charge is 0.191 e. The van der Waals surface area contributed by atoms with Gasteiger partial charge in [0, 0.05) is 37.8 Å². The minimum Gasteiger partial charge on any atom is -0.381 e. The maximum absolute atomic E-state index is 5.95. The van der Waals surface area contributed by atoms with Gasteiger partial charge in [0.15, 0.2) is 5.96 Å². The molecule has 0 saturated carbocycles. The predicted octanol–water partition coefficient (Wildman–Crippen LogP) is 3.64. The van der Waals surface area contributed by atoms with Crippen molar-refractivity contribution in [1.82, 2.24) is 15.5 Å². The summed E-state index contributed by atoms with van der Waals surface area (Å²) in [6.45, 7) is 9.50. The number of nitrogens with one attached hydrogen (secondary N) is 2. The molecule has 2 saturated heterocycles. The molecule has 3 heterocycles. The molecular formula is C21H37IN4O2S. The summed E-state index contributed by atoms with van der Waals surface area (Å²) in [5.41, 5.74) is 0. The molecule has 8 heteroatoms. The number of hydrogen-bond acceptors (Lipinski definition) is 5. The van der Waals surface area contributed by atoms with Crippen LogP contribution in [0.15, 0.2) is 22.5 Å². The average Bonchev–Trinajstić information content (AvgIpc) is 3.43. The third kappa shape index (κ3) is 8.69. The van der Waals surface area contributed by atoms with Crippen molar-refractivity contribution in [2.24, 2.45) is 4.99 Å². The van der Waals surface area contributed by atoms with Crippen LogP contribution in [0.5, 0.6) is 0 Å². The zero-order valence-corrected chi connectivity index (χ0v) is 20.8. The van der Waals surface area contributed by atoms with Crippen LogP contribution in [0.25, 0.3) is 0 Å². The standard InChI is InChI=1S/C21H36N4O2S.HI/c1-2-22-21(23-10-6-13-27-18-8-14-26-15-9-18)24-17-19(20-7-5-16-28-20)25-11-3-4-12-25;/h5,7,16,18-19H,2-4,6,8-15,17H2,1H3,(H2,22,23,24);1H. The topological polar surface area (TPSA) is 58.1 Å². The first kappa shape index (κ1) is 24.8. The molecule has 0 bridgehead atoms. The maximum Gasteiger partial charge on any atom is 0.191 e. The second-order valence-corrected chi connectivity index (χ2v) is 8.44. The molecule has 3 rings (SSSR count). The summed E-state index contributed by atoms with van der Waals surface area (Å²) in [5.74, 6) is 0.911. The highest BCUT2D eigenvalue weighted by atomic mass is 127. The summed E-state index contributed by atoms with van der Waals surface area (Å²) < 4.78 is 11.3. The van der Waals surface area contributed by atoms with E-state index >= 15 is 0 Å². The molecule has 2 aliphatic heterocycles. The van der Waals surface area contributed by atoms with Gasteiger partial charge in [0.05, 0.1) is 18.7 Å². The Balaban J connectivity index is 0.00000300. The number of guanidine groups is 1. The number of halogens is 1. The predicted molar refractivity (Wildman–Crippen MR) is 132 cm³/mol. The van der Waals surface area contributed by atoms with E-state index in [1.165, 1.54) is 30.8 Å². The zero-order chi connectivity index (χ0) is 19.4. The lowest BCUT2D eigenvalue weighted by Gasteiger charge is -2.25. The monoisotopic (exact) mass is 536 g/mol. The molecule has 29 heavy (non-hydrogen) atoms. The molecule has 1 aromatic heterocycles. The molecule has 0 radical (unpaired) electrons. The van der Waals surface area contributed by atoms with Crippen LogP contribution in [0.3, 0.4) is 0 Å². The van der Waals surface area contributed by atoms with Gasteiger partial charge in [-0.05, 0) is 63.6 Å². The Hall–Kier alpha value is -0.420. The number of likely N-dealkylation sites (tertiary alicyclic amines) is 1. The maximum atomic E-state index is 5.95. The molecule has 1 atom stereocenters. The van der Waals surface area contributed by atoms with Crippen molar-refractivity contribution in [3.63, 3.8) is 0 Å². The van der Waals surface area contributed by atoms with E-state index in [4.69, 9.17) is 14.5 Å². The fraction of sp³-hybridized carbons (Fsp3) is 0.762. The van der Waals surface area contributed by atoms with Crippen LogP contribution < -0.4 is 10.6 Å². The van der Waals surface area contributed by atoms with Crippen molar-refractivity contribution >= 4 is 41.3 Å². The Morgan fingerprint density at radius 3 is 2.79 bits per heavy atom. The first-order valence-electron chi connectivity index (χ1n) is 10.9. The average molecular weight is 537 g/mol. The van der Waals surface area contributed by atoms with Crippen LogP contribution in [0.1, 0.15) is 49.9 Å². The molecule has 0 aliphatic carbocycles. The van der Waals surface area contributed by atoms with Crippen LogP contribution in [0.2, 0.25) is 0 Å². The van der Waals surface area contributed by atoms with E-state index in [2.05, 4.69) is 40.0 Å². The minimum absolute atomic E-state index is 0. The lowest BCUT2D eigenvalue weighted by Crippen LogP contribution is -2.39. The van der Waals surface area contributed by atoms with Gasteiger partial charge in [-0.1, -0.05) is 6.07 Å². The highest BCUT2D eigenvalue weighted by Gasteiger charge is 2.24. The summed E-state index contributed by atoms with van der Waals surface area (Å²) >= 11 is 1.84. The van der Waals surface area contributed by atoms with E-state index in [1.54, 1.807) is 0 Å². The normalized spacial score (nSPS) is 19.7. The van der Waals surface area contributed by atoms with Gasteiger partial charge < -0.3 is 20.1 Å². The lowest BCUT2D eigenvalue weighted by atomic mass is 10.1.